The van der Waals surface area contributed by atoms with Crippen molar-refractivity contribution in [3.8, 4) is 5.69 Å². The van der Waals surface area contributed by atoms with E-state index in [0.717, 1.165) is 34.3 Å². The fourth-order valence-electron chi connectivity index (χ4n) is 2.57. The van der Waals surface area contributed by atoms with Gasteiger partial charge in [0.1, 0.15) is 11.5 Å². The molecule has 0 bridgehead atoms. The van der Waals surface area contributed by atoms with E-state index in [4.69, 9.17) is 0 Å². The number of halogens is 5. The first-order valence-electron chi connectivity index (χ1n) is 7.11. The molecular formula is C15H13F5N2O. The number of nitrogens with zero attached hydrogens (tertiary/aromatic N) is 2. The Kier molecular flexibility index (Phi) is 3.77. The van der Waals surface area contributed by atoms with Gasteiger partial charge < -0.3 is 0 Å². The molecule has 2 aromatic rings. The second-order valence-electron chi connectivity index (χ2n) is 5.58. The predicted molar refractivity (Wildman–Crippen MR) is 72.6 cm³/mol. The monoisotopic (exact) mass is 332 g/mol. The number of benzene rings is 1. The van der Waals surface area contributed by atoms with Crippen LogP contribution in [-0.2, 0) is 6.54 Å². The zero-order valence-electron chi connectivity index (χ0n) is 11.9. The molecule has 0 amide bonds. The summed E-state index contributed by atoms with van der Waals surface area (Å²) in [5.41, 5.74) is -0.423. The standard InChI is InChI=1S/C15H13F5N2O/c16-10-3-4-12(11(17)7-10)22-14(23)8-13(9-1-2-9)21(22)6-5-15(18,19)20/h3-4,7-9H,1-2,5-6H2. The minimum Gasteiger partial charge on any atom is -0.281 e. The molecule has 0 N–H and O–H groups in total. The van der Waals surface area contributed by atoms with Crippen molar-refractivity contribution in [3.05, 3.63) is 51.9 Å². The number of alkyl halides is 3. The van der Waals surface area contributed by atoms with Crippen molar-refractivity contribution in [2.45, 2.75) is 37.9 Å². The van der Waals surface area contributed by atoms with Gasteiger partial charge in [-0.3, -0.25) is 9.48 Å². The molecule has 0 saturated heterocycles. The highest BCUT2D eigenvalue weighted by molar-refractivity contribution is 5.34. The summed E-state index contributed by atoms with van der Waals surface area (Å²) in [5.74, 6) is -1.81. The van der Waals surface area contributed by atoms with E-state index >= 15 is 0 Å². The van der Waals surface area contributed by atoms with Crippen molar-refractivity contribution in [2.75, 3.05) is 0 Å². The normalized spacial score (nSPS) is 15.2. The van der Waals surface area contributed by atoms with Crippen molar-refractivity contribution in [1.29, 1.82) is 0 Å². The Morgan fingerprint density at radius 1 is 1.13 bits per heavy atom. The van der Waals surface area contributed by atoms with Gasteiger partial charge in [0.15, 0.2) is 5.82 Å². The molecule has 1 aliphatic carbocycles. The van der Waals surface area contributed by atoms with E-state index < -0.39 is 36.3 Å². The third-order valence-corrected chi connectivity index (χ3v) is 3.76. The second-order valence-corrected chi connectivity index (χ2v) is 5.58. The molecule has 0 spiro atoms. The molecule has 124 valence electrons. The van der Waals surface area contributed by atoms with Gasteiger partial charge in [-0.2, -0.15) is 13.2 Å². The zero-order chi connectivity index (χ0) is 16.8. The Hall–Kier alpha value is -2.12. The Morgan fingerprint density at radius 2 is 1.83 bits per heavy atom. The molecule has 3 nitrogen and oxygen atoms in total. The fourth-order valence-corrected chi connectivity index (χ4v) is 2.57. The molecule has 3 rings (SSSR count). The zero-order valence-corrected chi connectivity index (χ0v) is 11.9. The Morgan fingerprint density at radius 3 is 2.39 bits per heavy atom. The van der Waals surface area contributed by atoms with Crippen LogP contribution in [0.2, 0.25) is 0 Å². The van der Waals surface area contributed by atoms with Crippen LogP contribution in [0.25, 0.3) is 5.69 Å². The summed E-state index contributed by atoms with van der Waals surface area (Å²) in [5, 5.41) is 0. The van der Waals surface area contributed by atoms with Gasteiger partial charge in [-0.1, -0.05) is 0 Å². The van der Waals surface area contributed by atoms with Crippen molar-refractivity contribution in [3.63, 3.8) is 0 Å². The van der Waals surface area contributed by atoms with Crippen LogP contribution in [-0.4, -0.2) is 15.5 Å². The van der Waals surface area contributed by atoms with Gasteiger partial charge in [-0.05, 0) is 25.0 Å². The molecule has 1 aromatic carbocycles. The van der Waals surface area contributed by atoms with Crippen molar-refractivity contribution < 1.29 is 22.0 Å². The first kappa shape index (κ1) is 15.8. The molecule has 0 aliphatic heterocycles. The SMILES string of the molecule is O=c1cc(C2CC2)n(CCC(F)(F)F)n1-c1ccc(F)cc1F. The summed E-state index contributed by atoms with van der Waals surface area (Å²) in [6, 6.07) is 3.84. The van der Waals surface area contributed by atoms with Gasteiger partial charge in [-0.15, -0.1) is 0 Å². The lowest BCUT2D eigenvalue weighted by molar-refractivity contribution is -0.137. The van der Waals surface area contributed by atoms with Gasteiger partial charge in [0.05, 0.1) is 6.42 Å². The van der Waals surface area contributed by atoms with Gasteiger partial charge in [0, 0.05) is 30.3 Å². The quantitative estimate of drug-likeness (QED) is 0.784. The van der Waals surface area contributed by atoms with Gasteiger partial charge in [0.2, 0.25) is 0 Å². The van der Waals surface area contributed by atoms with Gasteiger partial charge >= 0.3 is 6.18 Å². The topological polar surface area (TPSA) is 26.9 Å². The summed E-state index contributed by atoms with van der Waals surface area (Å²) in [7, 11) is 0. The summed E-state index contributed by atoms with van der Waals surface area (Å²) in [6.45, 7) is -0.492. The molecule has 1 aliphatic rings. The summed E-state index contributed by atoms with van der Waals surface area (Å²) >= 11 is 0. The lowest BCUT2D eigenvalue weighted by atomic mass is 10.3. The van der Waals surface area contributed by atoms with Crippen molar-refractivity contribution >= 4 is 0 Å². The van der Waals surface area contributed by atoms with Gasteiger partial charge in [0.25, 0.3) is 5.56 Å². The molecular weight excluding hydrogens is 319 g/mol. The van der Waals surface area contributed by atoms with Crippen LogP contribution in [0.4, 0.5) is 22.0 Å². The van der Waals surface area contributed by atoms with E-state index in [0.29, 0.717) is 11.8 Å². The molecule has 1 saturated carbocycles. The molecule has 0 unspecified atom stereocenters. The maximum Gasteiger partial charge on any atom is 0.390 e. The minimum atomic E-state index is -4.40. The molecule has 1 heterocycles. The van der Waals surface area contributed by atoms with Crippen LogP contribution < -0.4 is 5.56 Å². The number of hydrogen-bond donors (Lipinski definition) is 0. The minimum absolute atomic E-state index is 0.0145. The van der Waals surface area contributed by atoms with E-state index in [2.05, 4.69) is 0 Å². The van der Waals surface area contributed by atoms with Crippen molar-refractivity contribution in [2.24, 2.45) is 0 Å². The van der Waals surface area contributed by atoms with Crippen LogP contribution in [0.1, 0.15) is 30.9 Å². The fraction of sp³-hybridized carbons (Fsp3) is 0.400. The lowest BCUT2D eigenvalue weighted by Gasteiger charge is -2.16. The Bertz CT molecular complexity index is 786. The van der Waals surface area contributed by atoms with E-state index in [-0.39, 0.29) is 11.6 Å². The molecule has 1 aromatic heterocycles. The Balaban J connectivity index is 2.09. The van der Waals surface area contributed by atoms with E-state index in [1.54, 1.807) is 0 Å². The third kappa shape index (κ3) is 3.30. The molecule has 1 fully saturated rings. The molecule has 0 radical (unpaired) electrons. The van der Waals surface area contributed by atoms with E-state index in [9.17, 15) is 26.7 Å². The smallest absolute Gasteiger partial charge is 0.281 e. The number of rotatable bonds is 4. The van der Waals surface area contributed by atoms with Crippen LogP contribution in [0.15, 0.2) is 29.1 Å². The highest BCUT2D eigenvalue weighted by Gasteiger charge is 2.32. The maximum absolute atomic E-state index is 14.0. The van der Waals surface area contributed by atoms with Crippen LogP contribution >= 0.6 is 0 Å². The summed E-state index contributed by atoms with van der Waals surface area (Å²) in [4.78, 5) is 12.2. The molecule has 23 heavy (non-hydrogen) atoms. The van der Waals surface area contributed by atoms with Crippen molar-refractivity contribution in [1.82, 2.24) is 9.36 Å². The second kappa shape index (κ2) is 5.50. The van der Waals surface area contributed by atoms with Crippen LogP contribution in [0.5, 0.6) is 0 Å². The van der Waals surface area contributed by atoms with E-state index in [1.807, 2.05) is 0 Å². The van der Waals surface area contributed by atoms with E-state index in [1.165, 1.54) is 6.07 Å². The Labute approximate surface area is 127 Å². The average molecular weight is 332 g/mol. The number of aromatic nitrogens is 2. The highest BCUT2D eigenvalue weighted by atomic mass is 19.4. The first-order chi connectivity index (χ1) is 10.8. The number of hydrogen-bond acceptors (Lipinski definition) is 1. The predicted octanol–water partition coefficient (Wildman–Crippen LogP) is 3.75. The van der Waals surface area contributed by atoms with Crippen LogP contribution in [0, 0.1) is 11.6 Å². The summed E-state index contributed by atoms with van der Waals surface area (Å²) in [6.07, 6.45) is -3.97. The summed E-state index contributed by atoms with van der Waals surface area (Å²) < 4.78 is 66.6. The molecule has 0 atom stereocenters. The van der Waals surface area contributed by atoms with Gasteiger partial charge in [-0.25, -0.2) is 13.5 Å². The third-order valence-electron chi connectivity index (χ3n) is 3.76. The highest BCUT2D eigenvalue weighted by Crippen LogP contribution is 2.40. The van der Waals surface area contributed by atoms with Crippen LogP contribution in [0.3, 0.4) is 0 Å². The first-order valence-corrected chi connectivity index (χ1v) is 7.11. The lowest BCUT2D eigenvalue weighted by Crippen LogP contribution is -2.25. The average Bonchev–Trinajstić information content (AvgIpc) is 3.21. The maximum atomic E-state index is 14.0. The molecule has 8 heteroatoms. The largest absolute Gasteiger partial charge is 0.390 e.